The van der Waals surface area contributed by atoms with Crippen LogP contribution in [0.5, 0.6) is 23.0 Å². The molecule has 93 heavy (non-hydrogen) atoms. The van der Waals surface area contributed by atoms with Crippen LogP contribution in [-0.2, 0) is 37.9 Å². The fourth-order valence-corrected chi connectivity index (χ4v) is 11.8. The third-order valence-electron chi connectivity index (χ3n) is 17.8. The zero-order chi connectivity index (χ0) is 68.2. The molecule has 0 saturated carbocycles. The van der Waals surface area contributed by atoms with E-state index >= 15 is 0 Å². The van der Waals surface area contributed by atoms with Gasteiger partial charge < -0.3 is 31.3 Å². The molecule has 0 aliphatic carbocycles. The van der Waals surface area contributed by atoms with Gasteiger partial charge in [-0.2, -0.15) is 10.2 Å². The average Bonchev–Trinajstić information content (AvgIpc) is 0.787. The van der Waals surface area contributed by atoms with Gasteiger partial charge >= 0.3 is 0 Å². The molecular formula is C83H102N6O4. The monoisotopic (exact) mass is 1250 g/mol. The number of phenols is 4. The van der Waals surface area contributed by atoms with Gasteiger partial charge in [0.05, 0.1) is 24.5 Å². The van der Waals surface area contributed by atoms with E-state index in [4.69, 9.17) is 20.2 Å². The van der Waals surface area contributed by atoms with Crippen LogP contribution in [0.2, 0.25) is 0 Å². The fraction of sp³-hybridized carbons (Fsp3) is 0.373. The Hall–Kier alpha value is -8.76. The Bertz CT molecular complexity index is 3730. The molecule has 0 bridgehead atoms. The molecule has 0 aliphatic rings. The van der Waals surface area contributed by atoms with Gasteiger partial charge in [-0.15, -0.1) is 0 Å². The van der Waals surface area contributed by atoms with Crippen molar-refractivity contribution in [2.45, 2.75) is 201 Å². The molecule has 0 unspecified atom stereocenters. The summed E-state index contributed by atoms with van der Waals surface area (Å²) in [6.07, 6.45) is 7.01. The van der Waals surface area contributed by atoms with Crippen LogP contribution in [0.3, 0.4) is 0 Å². The molecule has 10 nitrogen and oxygen atoms in total. The minimum Gasteiger partial charge on any atom is -0.507 e. The third kappa shape index (κ3) is 16.7. The first-order valence-electron chi connectivity index (χ1n) is 32.7. The molecule has 488 valence electrons. The second-order valence-electron chi connectivity index (χ2n) is 31.8. The van der Waals surface area contributed by atoms with E-state index in [0.717, 1.165) is 66.8 Å². The predicted molar refractivity (Wildman–Crippen MR) is 390 cm³/mol. The van der Waals surface area contributed by atoms with Gasteiger partial charge in [-0.3, -0.25) is 9.98 Å². The van der Waals surface area contributed by atoms with Crippen LogP contribution < -0.4 is 10.9 Å². The van der Waals surface area contributed by atoms with Gasteiger partial charge in [-0.25, -0.2) is 0 Å². The summed E-state index contributed by atoms with van der Waals surface area (Å²) in [6.45, 7) is 42.7. The predicted octanol–water partition coefficient (Wildman–Crippen LogP) is 19.7. The van der Waals surface area contributed by atoms with Crippen molar-refractivity contribution in [1.29, 1.82) is 0 Å². The summed E-state index contributed by atoms with van der Waals surface area (Å²) in [6, 6.07) is 55.1. The van der Waals surface area contributed by atoms with E-state index in [-0.39, 0.29) is 44.7 Å². The van der Waals surface area contributed by atoms with E-state index in [1.54, 1.807) is 24.9 Å². The molecular weight excluding hydrogens is 1140 g/mol. The van der Waals surface area contributed by atoms with Gasteiger partial charge in [0.2, 0.25) is 0 Å². The zero-order valence-electron chi connectivity index (χ0n) is 58.9. The number of hydrogen-bond acceptors (Lipinski definition) is 10. The molecule has 4 atom stereocenters. The first kappa shape index (κ1) is 70.1. The van der Waals surface area contributed by atoms with Crippen molar-refractivity contribution in [3.63, 3.8) is 0 Å². The average molecular weight is 1250 g/mol. The van der Waals surface area contributed by atoms with Crippen molar-refractivity contribution in [3.05, 3.63) is 259 Å². The lowest BCUT2D eigenvalue weighted by Crippen LogP contribution is -2.24. The Morgan fingerprint density at radius 3 is 0.785 bits per heavy atom. The van der Waals surface area contributed by atoms with Crippen LogP contribution in [0.25, 0.3) is 0 Å². The maximum atomic E-state index is 12.4. The number of nitrogens with one attached hydrogen (secondary N) is 2. The van der Waals surface area contributed by atoms with Crippen LogP contribution in [0.15, 0.2) is 190 Å². The Labute approximate surface area is 555 Å². The van der Waals surface area contributed by atoms with Gasteiger partial charge in [0.15, 0.2) is 0 Å². The molecule has 0 heterocycles. The number of hydrazone groups is 2. The molecule has 0 radical (unpaired) electrons. The van der Waals surface area contributed by atoms with Crippen molar-refractivity contribution in [2.75, 3.05) is 0 Å². The van der Waals surface area contributed by atoms with E-state index in [9.17, 15) is 20.4 Å². The minimum absolute atomic E-state index is 0.126. The van der Waals surface area contributed by atoms with Crippen molar-refractivity contribution in [2.24, 2.45) is 20.2 Å². The van der Waals surface area contributed by atoms with Gasteiger partial charge in [-0.1, -0.05) is 284 Å². The quantitative estimate of drug-likeness (QED) is 0.0371. The number of nitrogens with zero attached hydrogens (tertiary/aromatic N) is 4. The molecule has 6 N–H and O–H groups in total. The smallest absolute Gasteiger partial charge is 0.128 e. The maximum Gasteiger partial charge on any atom is 0.128 e. The minimum atomic E-state index is -0.710. The summed E-state index contributed by atoms with van der Waals surface area (Å²) < 4.78 is 0. The van der Waals surface area contributed by atoms with Crippen LogP contribution >= 0.6 is 0 Å². The number of benzene rings is 8. The molecule has 8 rings (SSSR count). The van der Waals surface area contributed by atoms with Crippen molar-refractivity contribution in [1.82, 2.24) is 10.9 Å². The molecule has 0 amide bonds. The van der Waals surface area contributed by atoms with Crippen LogP contribution in [0, 0.1) is 0 Å². The zero-order valence-corrected chi connectivity index (χ0v) is 58.9. The Morgan fingerprint density at radius 1 is 0.290 bits per heavy atom. The molecule has 0 fully saturated rings. The Kier molecular flexibility index (Phi) is 20.7. The second kappa shape index (κ2) is 27.4. The highest BCUT2D eigenvalue weighted by Crippen LogP contribution is 2.45. The number of rotatable bonds is 18. The first-order valence-corrected chi connectivity index (χ1v) is 32.7. The van der Waals surface area contributed by atoms with Crippen LogP contribution in [0.1, 0.15) is 252 Å². The standard InChI is InChI=1S/C83H102N6O4/c1-77(2,3)61-41-57(73(90)65(45-61)79(7,8)9)49-84-69(53-33-25-21-26-34-53)71(55-37-29-23-30-38-55)88-86-51-59-43-63(47-67(75(59)92)81(13,14)15)83(19,20)64-44-60(76(93)68(48-64)82(16,17)18)52-87-89-72(56-39-31-24-32-40-56)70(54-35-27-22-28-36-54)85-50-58-42-62(78(4,5)6)46-66(74(58)91)80(10,11)12/h21-52,69-72,88-93H,1-20H3/b84-49?,85-50?,86-51+,87-52+/t69-,70-,71-,72-/m0/s1. The molecule has 0 aliphatic heterocycles. The summed E-state index contributed by atoms with van der Waals surface area (Å²) in [5.41, 5.74) is 17.8. The molecule has 0 spiro atoms. The lowest BCUT2D eigenvalue weighted by molar-refractivity contribution is 0.442. The second-order valence-corrected chi connectivity index (χ2v) is 31.8. The lowest BCUT2D eigenvalue weighted by Gasteiger charge is -2.32. The first-order chi connectivity index (χ1) is 43.3. The van der Waals surface area contributed by atoms with Gasteiger partial charge in [0.25, 0.3) is 0 Å². The highest BCUT2D eigenvalue weighted by molar-refractivity contribution is 5.88. The number of aliphatic imine (C=N–C) groups is 2. The molecule has 0 saturated heterocycles. The van der Waals surface area contributed by atoms with Crippen LogP contribution in [-0.4, -0.2) is 45.3 Å². The Balaban J connectivity index is 1.20. The van der Waals surface area contributed by atoms with Crippen molar-refractivity contribution < 1.29 is 20.4 Å². The number of aromatic hydroxyl groups is 4. The molecule has 10 heteroatoms. The molecule has 8 aromatic rings. The molecule has 8 aromatic carbocycles. The van der Waals surface area contributed by atoms with E-state index in [2.05, 4.69) is 222 Å². The fourth-order valence-electron chi connectivity index (χ4n) is 11.8. The van der Waals surface area contributed by atoms with Crippen molar-refractivity contribution >= 4 is 24.9 Å². The van der Waals surface area contributed by atoms with Crippen molar-refractivity contribution in [3.8, 4) is 23.0 Å². The van der Waals surface area contributed by atoms with Crippen LogP contribution in [0.4, 0.5) is 0 Å². The number of hydrogen-bond donors (Lipinski definition) is 6. The topological polar surface area (TPSA) is 154 Å². The highest BCUT2D eigenvalue weighted by atomic mass is 16.3. The van der Waals surface area contributed by atoms with E-state index in [0.29, 0.717) is 22.3 Å². The van der Waals surface area contributed by atoms with E-state index < -0.39 is 40.4 Å². The van der Waals surface area contributed by atoms with Gasteiger partial charge in [0, 0.05) is 62.4 Å². The Morgan fingerprint density at radius 2 is 0.527 bits per heavy atom. The van der Waals surface area contributed by atoms with Gasteiger partial charge in [-0.05, 0) is 101 Å². The number of phenolic OH excluding ortho intramolecular Hbond substituents is 4. The van der Waals surface area contributed by atoms with E-state index in [1.165, 1.54) is 0 Å². The summed E-state index contributed by atoms with van der Waals surface area (Å²) in [5.74, 6) is 0.675. The summed E-state index contributed by atoms with van der Waals surface area (Å²) >= 11 is 0. The highest BCUT2D eigenvalue weighted by Gasteiger charge is 2.34. The summed E-state index contributed by atoms with van der Waals surface area (Å²) in [7, 11) is 0. The summed E-state index contributed by atoms with van der Waals surface area (Å²) in [5, 5.41) is 58.5. The third-order valence-corrected chi connectivity index (χ3v) is 17.8. The molecule has 0 aromatic heterocycles. The maximum absolute atomic E-state index is 12.4. The SMILES string of the molecule is CC(C)(C)c1cc(C=N[C@@H](c2ccccc2)[C@@H](N/N=C/c2cc(C(C)(C)c3cc(/C=N/N[C@@H](c4ccccc4)[C@@H](N=Cc4cc(C(C)(C)C)cc(C(C)(C)C)c4O)c4ccccc4)c(O)c(C(C)(C)C)c3)cc(C(C)(C)C)c2O)c2ccccc2)c(O)c(C(C)(C)C)c1. The van der Waals surface area contributed by atoms with Gasteiger partial charge in [0.1, 0.15) is 35.1 Å². The largest absolute Gasteiger partial charge is 0.507 e. The van der Waals surface area contributed by atoms with E-state index in [1.807, 2.05) is 97.1 Å². The normalized spacial score (nSPS) is 14.5. The summed E-state index contributed by atoms with van der Waals surface area (Å²) in [4.78, 5) is 10.7. The lowest BCUT2D eigenvalue weighted by atomic mass is 9.72.